The number of hydrogen-bond donors (Lipinski definition) is 2. The van der Waals surface area contributed by atoms with Gasteiger partial charge in [-0.25, -0.2) is 9.78 Å². The second-order valence-electron chi connectivity index (χ2n) is 4.31. The Balaban J connectivity index is 2.04. The Hall–Kier alpha value is -2.89. The minimum Gasteiger partial charge on any atom is -0.497 e. The van der Waals surface area contributed by atoms with Gasteiger partial charge in [0, 0.05) is 6.20 Å². The fourth-order valence-electron chi connectivity index (χ4n) is 1.79. The van der Waals surface area contributed by atoms with Gasteiger partial charge in [0.05, 0.1) is 19.1 Å². The zero-order valence-corrected chi connectivity index (χ0v) is 11.4. The maximum atomic E-state index is 11.9. The summed E-state index contributed by atoms with van der Waals surface area (Å²) >= 11 is 0. The molecule has 0 aliphatic carbocycles. The van der Waals surface area contributed by atoms with Crippen LogP contribution < -0.4 is 10.1 Å². The van der Waals surface area contributed by atoms with Gasteiger partial charge in [-0.1, -0.05) is 12.1 Å². The Morgan fingerprint density at radius 3 is 2.81 bits per heavy atom. The average molecular weight is 286 g/mol. The van der Waals surface area contributed by atoms with E-state index in [4.69, 9.17) is 9.84 Å². The fourth-order valence-corrected chi connectivity index (χ4v) is 1.79. The van der Waals surface area contributed by atoms with Crippen molar-refractivity contribution in [3.63, 3.8) is 0 Å². The predicted octanol–water partition coefficient (Wildman–Crippen LogP) is 1.97. The van der Waals surface area contributed by atoms with E-state index in [1.165, 1.54) is 18.3 Å². The van der Waals surface area contributed by atoms with Gasteiger partial charge in [-0.15, -0.1) is 0 Å². The molecule has 0 atom stereocenters. The number of nitrogens with one attached hydrogen (secondary N) is 1. The summed E-state index contributed by atoms with van der Waals surface area (Å²) in [5.74, 6) is -0.465. The van der Waals surface area contributed by atoms with E-state index in [2.05, 4.69) is 10.3 Å². The number of rotatable bonds is 5. The normalized spacial score (nSPS) is 9.95. The van der Waals surface area contributed by atoms with Crippen LogP contribution in [0.25, 0.3) is 0 Å². The van der Waals surface area contributed by atoms with Crippen LogP contribution in [-0.4, -0.2) is 29.1 Å². The second-order valence-corrected chi connectivity index (χ2v) is 4.31. The number of carboxylic acid groups (broad SMARTS) is 1. The Bertz CT molecular complexity index is 670. The summed E-state index contributed by atoms with van der Waals surface area (Å²) in [6.45, 7) is 0. The van der Waals surface area contributed by atoms with E-state index in [9.17, 15) is 9.59 Å². The van der Waals surface area contributed by atoms with E-state index in [0.29, 0.717) is 5.75 Å². The highest BCUT2D eigenvalue weighted by atomic mass is 16.5. The molecule has 0 spiro atoms. The molecule has 108 valence electrons. The SMILES string of the molecule is COc1cccc(CC(=O)Nc2cc(C(=O)O)ccn2)c1. The first-order valence-electron chi connectivity index (χ1n) is 6.20. The summed E-state index contributed by atoms with van der Waals surface area (Å²) in [4.78, 5) is 26.7. The maximum absolute atomic E-state index is 11.9. The first-order chi connectivity index (χ1) is 10.1. The van der Waals surface area contributed by atoms with Crippen LogP contribution in [0.15, 0.2) is 42.6 Å². The monoisotopic (exact) mass is 286 g/mol. The molecule has 21 heavy (non-hydrogen) atoms. The molecule has 1 amide bonds. The lowest BCUT2D eigenvalue weighted by molar-refractivity contribution is -0.115. The molecule has 0 aliphatic rings. The smallest absolute Gasteiger partial charge is 0.335 e. The number of anilines is 1. The number of carboxylic acids is 1. The molecule has 0 fully saturated rings. The molecule has 0 unspecified atom stereocenters. The minimum atomic E-state index is -1.07. The summed E-state index contributed by atoms with van der Waals surface area (Å²) in [5, 5.41) is 11.5. The predicted molar refractivity (Wildman–Crippen MR) is 76.5 cm³/mol. The molecule has 6 heteroatoms. The van der Waals surface area contributed by atoms with Gasteiger partial charge in [-0.3, -0.25) is 4.79 Å². The van der Waals surface area contributed by atoms with Crippen molar-refractivity contribution in [2.45, 2.75) is 6.42 Å². The standard InChI is InChI=1S/C15H14N2O4/c1-21-12-4-2-3-10(7-12)8-14(18)17-13-9-11(15(19)20)5-6-16-13/h2-7,9H,8H2,1H3,(H,19,20)(H,16,17,18). The van der Waals surface area contributed by atoms with Gasteiger partial charge in [-0.2, -0.15) is 0 Å². The highest BCUT2D eigenvalue weighted by Crippen LogP contribution is 2.14. The van der Waals surface area contributed by atoms with E-state index in [0.717, 1.165) is 5.56 Å². The number of pyridine rings is 1. The number of amides is 1. The van der Waals surface area contributed by atoms with Crippen LogP contribution >= 0.6 is 0 Å². The molecule has 0 bridgehead atoms. The number of ether oxygens (including phenoxy) is 1. The molecule has 0 radical (unpaired) electrons. The van der Waals surface area contributed by atoms with Crippen molar-refractivity contribution in [2.75, 3.05) is 12.4 Å². The Kier molecular flexibility index (Phi) is 4.50. The van der Waals surface area contributed by atoms with Crippen LogP contribution in [0.3, 0.4) is 0 Å². The lowest BCUT2D eigenvalue weighted by Gasteiger charge is -2.06. The van der Waals surface area contributed by atoms with Crippen molar-refractivity contribution in [1.82, 2.24) is 4.98 Å². The molecule has 2 N–H and O–H groups in total. The molecule has 1 heterocycles. The molecule has 1 aromatic heterocycles. The summed E-state index contributed by atoms with van der Waals surface area (Å²) in [7, 11) is 1.56. The summed E-state index contributed by atoms with van der Waals surface area (Å²) in [6.07, 6.45) is 1.49. The molecule has 1 aromatic carbocycles. The van der Waals surface area contributed by atoms with Crippen LogP contribution in [0.5, 0.6) is 5.75 Å². The zero-order chi connectivity index (χ0) is 15.2. The Morgan fingerprint density at radius 1 is 1.29 bits per heavy atom. The van der Waals surface area contributed by atoms with E-state index >= 15 is 0 Å². The Morgan fingerprint density at radius 2 is 2.10 bits per heavy atom. The summed E-state index contributed by atoms with van der Waals surface area (Å²) in [5.41, 5.74) is 0.864. The Labute approximate surface area is 121 Å². The molecule has 6 nitrogen and oxygen atoms in total. The first kappa shape index (κ1) is 14.5. The highest BCUT2D eigenvalue weighted by Gasteiger charge is 2.08. The lowest BCUT2D eigenvalue weighted by Crippen LogP contribution is -2.15. The van der Waals surface area contributed by atoms with Gasteiger partial charge in [0.25, 0.3) is 0 Å². The van der Waals surface area contributed by atoms with Gasteiger partial charge in [0.2, 0.25) is 5.91 Å². The molecular formula is C15H14N2O4. The van der Waals surface area contributed by atoms with Crippen LogP contribution in [-0.2, 0) is 11.2 Å². The molecule has 2 rings (SSSR count). The van der Waals surface area contributed by atoms with Crippen molar-refractivity contribution < 1.29 is 19.4 Å². The third kappa shape index (κ3) is 4.04. The van der Waals surface area contributed by atoms with E-state index < -0.39 is 5.97 Å². The largest absolute Gasteiger partial charge is 0.497 e. The second kappa shape index (κ2) is 6.51. The fraction of sp³-hybridized carbons (Fsp3) is 0.133. The third-order valence-corrected chi connectivity index (χ3v) is 2.77. The van der Waals surface area contributed by atoms with Crippen molar-refractivity contribution in [2.24, 2.45) is 0 Å². The quantitative estimate of drug-likeness (QED) is 0.877. The topological polar surface area (TPSA) is 88.5 Å². The average Bonchev–Trinajstić information content (AvgIpc) is 2.47. The molecule has 0 saturated heterocycles. The number of carbonyl (C=O) groups is 2. The lowest BCUT2D eigenvalue weighted by atomic mass is 10.1. The van der Waals surface area contributed by atoms with Crippen molar-refractivity contribution in [1.29, 1.82) is 0 Å². The molecular weight excluding hydrogens is 272 g/mol. The number of nitrogens with zero attached hydrogens (tertiary/aromatic N) is 1. The number of hydrogen-bond acceptors (Lipinski definition) is 4. The van der Waals surface area contributed by atoms with Gasteiger partial charge in [-0.05, 0) is 29.8 Å². The third-order valence-electron chi connectivity index (χ3n) is 2.77. The van der Waals surface area contributed by atoms with Crippen molar-refractivity contribution in [3.8, 4) is 5.75 Å². The van der Waals surface area contributed by atoms with E-state index in [-0.39, 0.29) is 23.7 Å². The van der Waals surface area contributed by atoms with Crippen LogP contribution in [0.1, 0.15) is 15.9 Å². The van der Waals surface area contributed by atoms with Crippen LogP contribution in [0.4, 0.5) is 5.82 Å². The van der Waals surface area contributed by atoms with Gasteiger partial charge in [0.15, 0.2) is 0 Å². The minimum absolute atomic E-state index is 0.0710. The van der Waals surface area contributed by atoms with E-state index in [1.807, 2.05) is 6.07 Å². The highest BCUT2D eigenvalue weighted by molar-refractivity contribution is 5.93. The number of aromatic carboxylic acids is 1. The molecule has 0 aliphatic heterocycles. The van der Waals surface area contributed by atoms with Crippen molar-refractivity contribution >= 4 is 17.7 Å². The van der Waals surface area contributed by atoms with E-state index in [1.54, 1.807) is 25.3 Å². The van der Waals surface area contributed by atoms with Gasteiger partial charge in [0.1, 0.15) is 11.6 Å². The molecule has 0 saturated carbocycles. The first-order valence-corrected chi connectivity index (χ1v) is 6.20. The van der Waals surface area contributed by atoms with Crippen molar-refractivity contribution in [3.05, 3.63) is 53.7 Å². The zero-order valence-electron chi connectivity index (χ0n) is 11.4. The van der Waals surface area contributed by atoms with Gasteiger partial charge >= 0.3 is 5.97 Å². The van der Waals surface area contributed by atoms with Crippen LogP contribution in [0.2, 0.25) is 0 Å². The number of aromatic nitrogens is 1. The van der Waals surface area contributed by atoms with Gasteiger partial charge < -0.3 is 15.2 Å². The number of benzene rings is 1. The number of methoxy groups -OCH3 is 1. The molecule has 2 aromatic rings. The summed E-state index contributed by atoms with van der Waals surface area (Å²) in [6, 6.07) is 9.83. The van der Waals surface area contributed by atoms with Crippen LogP contribution in [0, 0.1) is 0 Å². The maximum Gasteiger partial charge on any atom is 0.335 e. The number of carbonyl (C=O) groups excluding carboxylic acids is 1. The summed E-state index contributed by atoms with van der Waals surface area (Å²) < 4.78 is 5.09.